The summed E-state index contributed by atoms with van der Waals surface area (Å²) >= 11 is 0. The SMILES string of the molecule is C[C@H](NC(=O)[C@H](Cc1c[nH]c2ccccc12)NC(=O)[C@H](C)NC(=O)[C@@H](NC(=O)[C@H](CCC(=O)O)NC(=O)[C@H](CO)NC(=O)CN)[C@@H](C)O)C(=O)N[C@@H](CC(=O)O)C(=O)O. The number of carbonyl (C=O) groups is 10. The van der Waals surface area contributed by atoms with Gasteiger partial charge in [-0.15, -0.1) is 0 Å². The lowest BCUT2D eigenvalue weighted by Crippen LogP contribution is -2.61. The van der Waals surface area contributed by atoms with Crippen LogP contribution in [-0.4, -0.2) is 151 Å². The number of hydrogen-bond acceptors (Lipinski definition) is 13. The quantitative estimate of drug-likeness (QED) is 0.0470. The van der Waals surface area contributed by atoms with Gasteiger partial charge in [0.1, 0.15) is 42.3 Å². The van der Waals surface area contributed by atoms with Crippen molar-refractivity contribution < 1.29 is 73.5 Å². The summed E-state index contributed by atoms with van der Waals surface area (Å²) in [5.41, 5.74) is 6.43. The molecule has 324 valence electrons. The number of para-hydroxylation sites is 1. The molecule has 0 radical (unpaired) electrons. The van der Waals surface area contributed by atoms with Crippen molar-refractivity contribution in [2.75, 3.05) is 13.2 Å². The van der Waals surface area contributed by atoms with Crippen molar-refractivity contribution in [3.8, 4) is 0 Å². The van der Waals surface area contributed by atoms with Crippen LogP contribution in [0.2, 0.25) is 0 Å². The third kappa shape index (κ3) is 15.3. The highest BCUT2D eigenvalue weighted by Gasteiger charge is 2.34. The smallest absolute Gasteiger partial charge is 0.326 e. The molecule has 1 heterocycles. The molecule has 2 rings (SSSR count). The molecule has 0 aliphatic rings. The van der Waals surface area contributed by atoms with Crippen LogP contribution in [0.4, 0.5) is 0 Å². The highest BCUT2D eigenvalue weighted by molar-refractivity contribution is 5.98. The van der Waals surface area contributed by atoms with Gasteiger partial charge in [-0.05, 0) is 38.8 Å². The maximum Gasteiger partial charge on any atom is 0.326 e. The van der Waals surface area contributed by atoms with E-state index < -0.39 is 140 Å². The maximum absolute atomic E-state index is 13.6. The van der Waals surface area contributed by atoms with Gasteiger partial charge in [-0.25, -0.2) is 4.79 Å². The lowest BCUT2D eigenvalue weighted by Gasteiger charge is -2.27. The molecule has 7 amide bonds. The van der Waals surface area contributed by atoms with E-state index in [1.807, 2.05) is 5.32 Å². The van der Waals surface area contributed by atoms with E-state index in [4.69, 9.17) is 10.8 Å². The molecular formula is C35H49N9O15. The third-order valence-electron chi connectivity index (χ3n) is 8.59. The van der Waals surface area contributed by atoms with Gasteiger partial charge in [0.25, 0.3) is 0 Å². The number of carboxylic acid groups (broad SMARTS) is 3. The highest BCUT2D eigenvalue weighted by Crippen LogP contribution is 2.19. The van der Waals surface area contributed by atoms with Crippen molar-refractivity contribution >= 4 is 70.2 Å². The van der Waals surface area contributed by atoms with E-state index in [2.05, 4.69) is 36.9 Å². The molecule has 0 unspecified atom stereocenters. The third-order valence-corrected chi connectivity index (χ3v) is 8.59. The van der Waals surface area contributed by atoms with E-state index in [9.17, 15) is 68.4 Å². The van der Waals surface area contributed by atoms with E-state index in [1.54, 1.807) is 30.5 Å². The molecule has 1 aromatic heterocycles. The van der Waals surface area contributed by atoms with Crippen LogP contribution in [0.15, 0.2) is 30.5 Å². The first-order valence-electron chi connectivity index (χ1n) is 18.0. The van der Waals surface area contributed by atoms with Crippen LogP contribution < -0.4 is 43.0 Å². The first kappa shape index (κ1) is 48.5. The standard InChI is InChI=1S/C35H49N9O15/c1-15(30(53)43-23(35(58)59)11-27(50)51)38-32(55)22(10-18-13-37-20-7-5-4-6-19(18)20)42-29(52)16(2)39-34(57)28(17(3)46)44-31(54)21(8-9-26(48)49)41-33(56)24(14-45)40-25(47)12-36/h4-7,13,15-17,21-24,28,37,45-46H,8-12,14,36H2,1-3H3,(H,38,55)(H,39,57)(H,40,47)(H,41,56)(H,42,52)(H,43,53)(H,44,54)(H,48,49)(H,50,51)(H,58,59)/t15-,16-,17+,21-,22-,23-,24-,28-/m0/s1. The van der Waals surface area contributed by atoms with Crippen LogP contribution in [0.3, 0.4) is 0 Å². The predicted molar refractivity (Wildman–Crippen MR) is 201 cm³/mol. The number of aromatic nitrogens is 1. The van der Waals surface area contributed by atoms with Gasteiger partial charge in [-0.3, -0.25) is 43.2 Å². The van der Waals surface area contributed by atoms with Gasteiger partial charge in [0.2, 0.25) is 41.4 Å². The summed E-state index contributed by atoms with van der Waals surface area (Å²) in [4.78, 5) is 128. The Morgan fingerprint density at radius 2 is 1.20 bits per heavy atom. The minimum atomic E-state index is -1.82. The number of amides is 7. The van der Waals surface area contributed by atoms with Crippen LogP contribution in [0, 0.1) is 0 Å². The van der Waals surface area contributed by atoms with Crippen molar-refractivity contribution in [2.24, 2.45) is 5.73 Å². The Labute approximate surface area is 335 Å². The summed E-state index contributed by atoms with van der Waals surface area (Å²) in [6.07, 6.45) is -2.41. The van der Waals surface area contributed by atoms with E-state index in [-0.39, 0.29) is 6.42 Å². The number of carboxylic acids is 3. The summed E-state index contributed by atoms with van der Waals surface area (Å²) in [6.45, 7) is 2.01. The fraction of sp³-hybridized carbons (Fsp3) is 0.486. The summed E-state index contributed by atoms with van der Waals surface area (Å²) < 4.78 is 0. The molecule has 0 aliphatic heterocycles. The number of benzene rings is 1. The molecule has 8 atom stereocenters. The van der Waals surface area contributed by atoms with Crippen LogP contribution in [0.1, 0.15) is 45.6 Å². The number of carbonyl (C=O) groups excluding carboxylic acids is 7. The zero-order chi connectivity index (χ0) is 44.6. The van der Waals surface area contributed by atoms with E-state index in [0.29, 0.717) is 16.5 Å². The fourth-order valence-corrected chi connectivity index (χ4v) is 5.36. The molecule has 24 nitrogen and oxygen atoms in total. The summed E-state index contributed by atoms with van der Waals surface area (Å²) in [6, 6.07) is -4.29. The molecule has 0 spiro atoms. The van der Waals surface area contributed by atoms with E-state index in [1.165, 1.54) is 13.8 Å². The monoisotopic (exact) mass is 835 g/mol. The molecule has 24 heteroatoms. The van der Waals surface area contributed by atoms with Crippen molar-refractivity contribution in [2.45, 2.75) is 94.9 Å². The van der Waals surface area contributed by atoms with E-state index >= 15 is 0 Å². The van der Waals surface area contributed by atoms with Crippen LogP contribution in [-0.2, 0) is 54.4 Å². The number of H-pyrrole nitrogens is 1. The molecule has 1 aromatic carbocycles. The normalized spacial score (nSPS) is 15.0. The van der Waals surface area contributed by atoms with Gasteiger partial charge in [0, 0.05) is 29.9 Å². The summed E-state index contributed by atoms with van der Waals surface area (Å²) in [5.74, 6) is -11.7. The molecule has 0 saturated carbocycles. The molecule has 0 saturated heterocycles. The minimum absolute atomic E-state index is 0.184. The first-order valence-corrected chi connectivity index (χ1v) is 18.0. The topological polar surface area (TPSA) is 398 Å². The van der Waals surface area contributed by atoms with E-state index in [0.717, 1.165) is 6.92 Å². The Morgan fingerprint density at radius 3 is 1.75 bits per heavy atom. The van der Waals surface area contributed by atoms with Gasteiger partial charge in [0.15, 0.2) is 0 Å². The van der Waals surface area contributed by atoms with Crippen LogP contribution in [0.25, 0.3) is 10.9 Å². The average molecular weight is 836 g/mol. The molecule has 0 aliphatic carbocycles. The number of aliphatic hydroxyl groups excluding tert-OH is 2. The van der Waals surface area contributed by atoms with Gasteiger partial charge >= 0.3 is 17.9 Å². The zero-order valence-electron chi connectivity index (χ0n) is 32.1. The van der Waals surface area contributed by atoms with Crippen molar-refractivity contribution in [1.82, 2.24) is 42.2 Å². The van der Waals surface area contributed by atoms with Crippen LogP contribution in [0.5, 0.6) is 0 Å². The largest absolute Gasteiger partial charge is 0.481 e. The lowest BCUT2D eigenvalue weighted by atomic mass is 10.0. The molecule has 0 fully saturated rings. The minimum Gasteiger partial charge on any atom is -0.481 e. The maximum atomic E-state index is 13.6. The number of rotatable bonds is 24. The van der Waals surface area contributed by atoms with Crippen molar-refractivity contribution in [3.05, 3.63) is 36.0 Å². The molecule has 2 aromatic rings. The van der Waals surface area contributed by atoms with Crippen LogP contribution >= 0.6 is 0 Å². The van der Waals surface area contributed by atoms with Gasteiger partial charge in [-0.1, -0.05) is 18.2 Å². The van der Waals surface area contributed by atoms with Gasteiger partial charge in [-0.2, -0.15) is 0 Å². The number of nitrogens with one attached hydrogen (secondary N) is 8. The number of nitrogens with two attached hydrogens (primary N) is 1. The first-order chi connectivity index (χ1) is 27.7. The highest BCUT2D eigenvalue weighted by atomic mass is 16.4. The second-order valence-electron chi connectivity index (χ2n) is 13.3. The van der Waals surface area contributed by atoms with Gasteiger partial charge < -0.3 is 73.5 Å². The average Bonchev–Trinajstić information content (AvgIpc) is 3.58. The summed E-state index contributed by atoms with van der Waals surface area (Å²) in [7, 11) is 0. The Balaban J connectivity index is 2.26. The Bertz CT molecular complexity index is 1880. The molecule has 0 bridgehead atoms. The molecule has 15 N–H and O–H groups in total. The second kappa shape index (κ2) is 22.9. The van der Waals surface area contributed by atoms with Gasteiger partial charge in [0.05, 0.1) is 25.7 Å². The number of hydrogen-bond donors (Lipinski definition) is 14. The van der Waals surface area contributed by atoms with Crippen molar-refractivity contribution in [3.63, 3.8) is 0 Å². The second-order valence-corrected chi connectivity index (χ2v) is 13.3. The van der Waals surface area contributed by atoms with Crippen molar-refractivity contribution in [1.29, 1.82) is 0 Å². The summed E-state index contributed by atoms with van der Waals surface area (Å²) in [5, 5.41) is 63.7. The fourth-order valence-electron chi connectivity index (χ4n) is 5.36. The number of aromatic amines is 1. The number of fused-ring (bicyclic) bond motifs is 1. The number of aliphatic hydroxyl groups is 2. The zero-order valence-corrected chi connectivity index (χ0v) is 32.1. The Morgan fingerprint density at radius 1 is 0.661 bits per heavy atom. The number of aliphatic carboxylic acids is 3. The molecule has 59 heavy (non-hydrogen) atoms. The lowest BCUT2D eigenvalue weighted by molar-refractivity contribution is -0.147. The Kier molecular flexibility index (Phi) is 18.8. The Hall–Kier alpha value is -6.66. The predicted octanol–water partition coefficient (Wildman–Crippen LogP) is -5.10. The molecular weight excluding hydrogens is 786 g/mol.